The van der Waals surface area contributed by atoms with E-state index < -0.39 is 0 Å². The lowest BCUT2D eigenvalue weighted by atomic mass is 9.72. The second kappa shape index (κ2) is 7.67. The molecule has 0 unspecified atom stereocenters. The maximum absolute atomic E-state index is 12.7. The third-order valence-corrected chi connectivity index (χ3v) is 6.39. The van der Waals surface area contributed by atoms with Crippen LogP contribution in [0.15, 0.2) is 0 Å². The molecule has 0 amide bonds. The smallest absolute Gasteiger partial charge is 0.313 e. The molecule has 2 bridgehead atoms. The highest BCUT2D eigenvalue weighted by Gasteiger charge is 2.59. The first-order chi connectivity index (χ1) is 12.1. The van der Waals surface area contributed by atoms with Crippen LogP contribution in [0.1, 0.15) is 70.8 Å². The van der Waals surface area contributed by atoms with Crippen molar-refractivity contribution in [2.45, 2.75) is 84.3 Å². The van der Waals surface area contributed by atoms with E-state index in [9.17, 15) is 4.79 Å². The van der Waals surface area contributed by atoms with Gasteiger partial charge in [-0.15, -0.1) is 0 Å². The van der Waals surface area contributed by atoms with Gasteiger partial charge in [0, 0.05) is 25.0 Å². The van der Waals surface area contributed by atoms with Gasteiger partial charge in [-0.05, 0) is 39.0 Å². The molecule has 5 nitrogen and oxygen atoms in total. The molecule has 0 saturated carbocycles. The van der Waals surface area contributed by atoms with Crippen LogP contribution in [0.2, 0.25) is 5.15 Å². The van der Waals surface area contributed by atoms with Crippen molar-refractivity contribution in [1.82, 2.24) is 14.9 Å². The van der Waals surface area contributed by atoms with Crippen molar-refractivity contribution in [3.05, 3.63) is 16.7 Å². The van der Waals surface area contributed by atoms with Crippen LogP contribution in [0.5, 0.6) is 0 Å². The van der Waals surface area contributed by atoms with E-state index in [1.54, 1.807) is 0 Å². The van der Waals surface area contributed by atoms with Crippen LogP contribution >= 0.6 is 11.6 Å². The molecular weight excluding hydrogens is 338 g/mol. The minimum Gasteiger partial charge on any atom is -0.466 e. The van der Waals surface area contributed by atoms with Crippen molar-refractivity contribution in [2.24, 2.45) is 5.41 Å². The monoisotopic (exact) mass is 367 g/mol. The number of rotatable bonds is 8. The third-order valence-electron chi connectivity index (χ3n) is 6.08. The predicted molar refractivity (Wildman–Crippen MR) is 98.5 cm³/mol. The number of carbonyl (C=O) groups excluding carboxylic acids is 1. The minimum atomic E-state index is -0.351. The number of nitrogens with one attached hydrogen (secondary N) is 1. The van der Waals surface area contributed by atoms with Gasteiger partial charge in [-0.3, -0.25) is 9.69 Å². The zero-order chi connectivity index (χ0) is 18.0. The first-order valence-corrected chi connectivity index (χ1v) is 10.1. The van der Waals surface area contributed by atoms with Gasteiger partial charge in [0.2, 0.25) is 0 Å². The number of esters is 1. The first-order valence-electron chi connectivity index (χ1n) is 9.71. The van der Waals surface area contributed by atoms with Gasteiger partial charge in [0.15, 0.2) is 5.15 Å². The average molecular weight is 368 g/mol. The van der Waals surface area contributed by atoms with Gasteiger partial charge in [-0.2, -0.15) is 0 Å². The van der Waals surface area contributed by atoms with E-state index in [0.717, 1.165) is 63.0 Å². The largest absolute Gasteiger partial charge is 0.466 e. The van der Waals surface area contributed by atoms with Crippen LogP contribution in [0.4, 0.5) is 0 Å². The van der Waals surface area contributed by atoms with Crippen LogP contribution in [0, 0.1) is 5.41 Å². The van der Waals surface area contributed by atoms with Crippen LogP contribution < -0.4 is 0 Å². The van der Waals surface area contributed by atoms with Gasteiger partial charge in [-0.1, -0.05) is 31.9 Å². The van der Waals surface area contributed by atoms with Crippen molar-refractivity contribution in [3.63, 3.8) is 0 Å². The lowest BCUT2D eigenvalue weighted by Gasteiger charge is -2.34. The standard InChI is InChI=1S/C19H30ClN3O2/c1-4-7-8-16-21-14(17(20)22-16)12-23-13-9-10-15(23)19(5-2,11-13)18(24)25-6-3/h13,15H,4-12H2,1-3H3,(H,21,22)/t13-,15+,19+/m0/s1. The van der Waals surface area contributed by atoms with E-state index in [0.29, 0.717) is 17.8 Å². The van der Waals surface area contributed by atoms with E-state index >= 15 is 0 Å². The molecule has 6 heteroatoms. The van der Waals surface area contributed by atoms with Gasteiger partial charge in [0.05, 0.1) is 17.7 Å². The van der Waals surface area contributed by atoms with Gasteiger partial charge < -0.3 is 9.72 Å². The van der Waals surface area contributed by atoms with Crippen molar-refractivity contribution >= 4 is 17.6 Å². The second-order valence-corrected chi connectivity index (χ2v) is 7.77. The summed E-state index contributed by atoms with van der Waals surface area (Å²) in [6, 6.07) is 0.688. The Kier molecular flexibility index (Phi) is 5.74. The molecule has 1 aromatic rings. The molecule has 25 heavy (non-hydrogen) atoms. The summed E-state index contributed by atoms with van der Waals surface area (Å²) in [5.74, 6) is 0.953. The summed E-state index contributed by atoms with van der Waals surface area (Å²) in [4.78, 5) is 23.0. The Bertz CT molecular complexity index is 618. The fraction of sp³-hybridized carbons (Fsp3) is 0.789. The SMILES string of the molecule is CCCCc1nc(Cl)c(CN2[C@H]3CC[C@@H]2[C@](CC)(C(=O)OCC)C3)[nH]1. The zero-order valence-corrected chi connectivity index (χ0v) is 16.4. The molecule has 3 heterocycles. The number of halogens is 1. The molecule has 1 aromatic heterocycles. The number of nitrogens with zero attached hydrogens (tertiary/aromatic N) is 2. The highest BCUT2D eigenvalue weighted by Crippen LogP contribution is 2.53. The summed E-state index contributed by atoms with van der Waals surface area (Å²) in [6.07, 6.45) is 7.14. The van der Waals surface area contributed by atoms with Gasteiger partial charge in [0.1, 0.15) is 5.82 Å². The summed E-state index contributed by atoms with van der Waals surface area (Å²) in [5, 5.41) is 0.579. The molecule has 3 rings (SSSR count). The number of aromatic amines is 1. The van der Waals surface area contributed by atoms with Crippen molar-refractivity contribution in [2.75, 3.05) is 6.61 Å². The molecule has 0 radical (unpaired) electrons. The molecule has 1 N–H and O–H groups in total. The molecule has 0 aliphatic carbocycles. The van der Waals surface area contributed by atoms with Gasteiger partial charge in [0.25, 0.3) is 0 Å². The van der Waals surface area contributed by atoms with Crippen molar-refractivity contribution in [1.29, 1.82) is 0 Å². The number of ether oxygens (including phenoxy) is 1. The normalized spacial score (nSPS) is 28.6. The fourth-order valence-corrected chi connectivity index (χ4v) is 4.96. The lowest BCUT2D eigenvalue weighted by Crippen LogP contribution is -2.44. The Morgan fingerprint density at radius 1 is 1.40 bits per heavy atom. The molecule has 3 atom stereocenters. The predicted octanol–water partition coefficient (Wildman–Crippen LogP) is 4.10. The number of carbonyl (C=O) groups is 1. The molecular formula is C19H30ClN3O2. The fourth-order valence-electron chi connectivity index (χ4n) is 4.75. The van der Waals surface area contributed by atoms with E-state index in [-0.39, 0.29) is 17.4 Å². The topological polar surface area (TPSA) is 58.2 Å². The zero-order valence-electron chi connectivity index (χ0n) is 15.6. The summed E-state index contributed by atoms with van der Waals surface area (Å²) in [7, 11) is 0. The minimum absolute atomic E-state index is 0.0194. The molecule has 2 fully saturated rings. The number of aryl methyl sites for hydroxylation is 1. The van der Waals surface area contributed by atoms with Crippen molar-refractivity contribution < 1.29 is 9.53 Å². The van der Waals surface area contributed by atoms with Crippen molar-refractivity contribution in [3.8, 4) is 0 Å². The van der Waals surface area contributed by atoms with E-state index in [2.05, 4.69) is 28.7 Å². The highest BCUT2D eigenvalue weighted by molar-refractivity contribution is 6.30. The first kappa shape index (κ1) is 18.7. The Hall–Kier alpha value is -1.07. The van der Waals surface area contributed by atoms with Gasteiger partial charge in [-0.25, -0.2) is 4.98 Å². The summed E-state index contributed by atoms with van der Waals surface area (Å²) in [6.45, 7) is 7.36. The molecule has 0 aromatic carbocycles. The molecule has 2 aliphatic rings. The lowest BCUT2D eigenvalue weighted by molar-refractivity contribution is -0.157. The number of fused-ring (bicyclic) bond motifs is 2. The highest BCUT2D eigenvalue weighted by atomic mass is 35.5. The summed E-state index contributed by atoms with van der Waals surface area (Å²) in [5.41, 5.74) is 0.636. The van der Waals surface area contributed by atoms with E-state index in [1.807, 2.05) is 6.92 Å². The Labute approximate surface area is 155 Å². The molecule has 2 saturated heterocycles. The number of hydrogen-bond acceptors (Lipinski definition) is 4. The number of unbranched alkanes of at least 4 members (excludes halogenated alkanes) is 1. The second-order valence-electron chi connectivity index (χ2n) is 7.41. The maximum Gasteiger partial charge on any atom is 0.313 e. The molecule has 0 spiro atoms. The number of imidazole rings is 1. The Morgan fingerprint density at radius 2 is 2.20 bits per heavy atom. The maximum atomic E-state index is 12.7. The quantitative estimate of drug-likeness (QED) is 0.702. The van der Waals surface area contributed by atoms with Gasteiger partial charge >= 0.3 is 5.97 Å². The summed E-state index contributed by atoms with van der Waals surface area (Å²) < 4.78 is 5.43. The number of hydrogen-bond donors (Lipinski definition) is 1. The van der Waals surface area contributed by atoms with Crippen LogP contribution in [0.25, 0.3) is 0 Å². The van der Waals surface area contributed by atoms with E-state index in [4.69, 9.17) is 16.3 Å². The van der Waals surface area contributed by atoms with Crippen LogP contribution in [-0.2, 0) is 22.5 Å². The Balaban J connectivity index is 1.76. The number of H-pyrrole nitrogens is 1. The van der Waals surface area contributed by atoms with Crippen LogP contribution in [-0.4, -0.2) is 39.5 Å². The molecule has 140 valence electrons. The summed E-state index contributed by atoms with van der Waals surface area (Å²) >= 11 is 6.37. The van der Waals surface area contributed by atoms with E-state index in [1.165, 1.54) is 0 Å². The number of aromatic nitrogens is 2. The Morgan fingerprint density at radius 3 is 2.88 bits per heavy atom. The molecule has 2 aliphatic heterocycles. The third kappa shape index (κ3) is 3.33. The van der Waals surface area contributed by atoms with Crippen LogP contribution in [0.3, 0.4) is 0 Å². The average Bonchev–Trinajstić information content (AvgIpc) is 3.25.